The number of hydrogen-bond donors (Lipinski definition) is 1. The van der Waals surface area contributed by atoms with E-state index in [0.29, 0.717) is 48.8 Å². The normalized spacial score (nSPS) is 15.8. The lowest BCUT2D eigenvalue weighted by Gasteiger charge is -2.33. The fraction of sp³-hybridized carbons (Fsp3) is 0.391. The van der Waals surface area contributed by atoms with Crippen LogP contribution < -0.4 is 10.1 Å². The summed E-state index contributed by atoms with van der Waals surface area (Å²) in [4.78, 5) is 26.6. The maximum atomic E-state index is 13.1. The highest BCUT2D eigenvalue weighted by Crippen LogP contribution is 2.23. The predicted octanol–water partition coefficient (Wildman–Crippen LogP) is 4.18. The molecule has 0 aromatic heterocycles. The molecule has 1 aliphatic rings. The van der Waals surface area contributed by atoms with Gasteiger partial charge < -0.3 is 14.8 Å². The molecule has 2 aromatic rings. The maximum absolute atomic E-state index is 13.1. The molecule has 1 aliphatic heterocycles. The van der Waals surface area contributed by atoms with Gasteiger partial charge in [-0.05, 0) is 74.5 Å². The van der Waals surface area contributed by atoms with E-state index in [1.54, 1.807) is 24.3 Å². The van der Waals surface area contributed by atoms with Gasteiger partial charge in [0, 0.05) is 30.1 Å². The Morgan fingerprint density at radius 3 is 2.39 bits per heavy atom. The number of hydrogen-bond acceptors (Lipinski definition) is 5. The first-order valence-corrected chi connectivity index (χ1v) is 10.6. The molecule has 2 aromatic carbocycles. The van der Waals surface area contributed by atoms with Crippen LogP contribution in [0.4, 0.5) is 9.18 Å². The summed E-state index contributed by atoms with van der Waals surface area (Å²) in [6, 6.07) is 12.7. The van der Waals surface area contributed by atoms with Crippen molar-refractivity contribution in [1.82, 2.24) is 10.2 Å². The van der Waals surface area contributed by atoms with Crippen molar-refractivity contribution in [2.24, 2.45) is 5.92 Å². The molecule has 1 saturated heterocycles. The molecule has 1 unspecified atom stereocenters. The van der Waals surface area contributed by atoms with Crippen molar-refractivity contribution in [3.05, 3.63) is 64.9 Å². The van der Waals surface area contributed by atoms with Crippen LogP contribution in [0, 0.1) is 11.7 Å². The Labute approximate surface area is 186 Å². The van der Waals surface area contributed by atoms with Crippen molar-refractivity contribution in [3.63, 3.8) is 0 Å². The fourth-order valence-electron chi connectivity index (χ4n) is 3.57. The number of halogens is 2. The van der Waals surface area contributed by atoms with E-state index in [4.69, 9.17) is 21.1 Å². The van der Waals surface area contributed by atoms with Crippen LogP contribution in [0.2, 0.25) is 5.02 Å². The van der Waals surface area contributed by atoms with Gasteiger partial charge in [0.1, 0.15) is 18.2 Å². The van der Waals surface area contributed by atoms with Crippen LogP contribution in [0.15, 0.2) is 48.5 Å². The van der Waals surface area contributed by atoms with Crippen molar-refractivity contribution in [2.75, 3.05) is 33.3 Å². The minimum atomic E-state index is -0.522. The first kappa shape index (κ1) is 23.0. The monoisotopic (exact) mass is 448 g/mol. The van der Waals surface area contributed by atoms with Crippen molar-refractivity contribution in [2.45, 2.75) is 18.9 Å². The van der Waals surface area contributed by atoms with Crippen LogP contribution in [-0.2, 0) is 4.74 Å². The van der Waals surface area contributed by atoms with Crippen LogP contribution >= 0.6 is 11.6 Å². The summed E-state index contributed by atoms with van der Waals surface area (Å²) in [5.41, 5.74) is 0.539. The molecule has 1 N–H and O–H groups in total. The van der Waals surface area contributed by atoms with Crippen LogP contribution in [-0.4, -0.2) is 56.2 Å². The topological polar surface area (TPSA) is 67.9 Å². The molecule has 3 rings (SSSR count). The molecule has 166 valence electrons. The van der Waals surface area contributed by atoms with E-state index in [-0.39, 0.29) is 24.1 Å². The van der Waals surface area contributed by atoms with E-state index in [1.165, 1.54) is 31.3 Å². The molecular formula is C23H26ClFN2O4. The number of likely N-dealkylation sites (tertiary alicyclic amines) is 1. The van der Waals surface area contributed by atoms with Crippen LogP contribution in [0.1, 0.15) is 23.2 Å². The second-order valence-corrected chi connectivity index (χ2v) is 7.92. The van der Waals surface area contributed by atoms with E-state index in [1.807, 2.05) is 0 Å². The van der Waals surface area contributed by atoms with Crippen molar-refractivity contribution in [1.29, 1.82) is 0 Å². The summed E-state index contributed by atoms with van der Waals surface area (Å²) in [6.45, 7) is 2.10. The summed E-state index contributed by atoms with van der Waals surface area (Å²) in [6.07, 6.45) is 0.396. The summed E-state index contributed by atoms with van der Waals surface area (Å²) in [5, 5.41) is 3.07. The largest absolute Gasteiger partial charge is 0.490 e. The number of amides is 1. The molecule has 6 nitrogen and oxygen atoms in total. The third-order valence-corrected chi connectivity index (χ3v) is 5.53. The van der Waals surface area contributed by atoms with Crippen molar-refractivity contribution in [3.8, 4) is 5.75 Å². The van der Waals surface area contributed by atoms with Crippen molar-refractivity contribution < 1.29 is 23.5 Å². The lowest BCUT2D eigenvalue weighted by atomic mass is 9.89. The van der Waals surface area contributed by atoms with E-state index < -0.39 is 12.2 Å². The minimum Gasteiger partial charge on any atom is -0.490 e. The van der Waals surface area contributed by atoms with Gasteiger partial charge in [0.25, 0.3) is 0 Å². The number of ether oxygens (including phenoxy) is 2. The number of ketones is 1. The Hall–Kier alpha value is -2.64. The Balaban J connectivity index is 1.52. The summed E-state index contributed by atoms with van der Waals surface area (Å²) >= 11 is 5.89. The Kier molecular flexibility index (Phi) is 8.26. The number of piperidine rings is 1. The summed E-state index contributed by atoms with van der Waals surface area (Å²) in [5.74, 6) is 0.238. The number of benzene rings is 2. The minimum absolute atomic E-state index is 0.0453. The molecule has 31 heavy (non-hydrogen) atoms. The fourth-order valence-corrected chi connectivity index (χ4v) is 3.70. The number of rotatable bonds is 8. The number of Topliss-reactive ketones (excluding diaryl/α,β-unsaturated/α-hetero) is 1. The average molecular weight is 449 g/mol. The van der Waals surface area contributed by atoms with Gasteiger partial charge in [-0.15, -0.1) is 0 Å². The number of nitrogens with one attached hydrogen (secondary N) is 1. The zero-order valence-electron chi connectivity index (χ0n) is 17.4. The van der Waals surface area contributed by atoms with Gasteiger partial charge in [0.15, 0.2) is 11.9 Å². The molecule has 0 saturated carbocycles. The summed E-state index contributed by atoms with van der Waals surface area (Å²) in [7, 11) is 1.51. The standard InChI is InChI=1S/C23H26ClFN2O4/c1-26-23(29)31-21(15-30-20-8-4-18(24)5-9-20)14-27-12-10-17(11-13-27)22(28)16-2-6-19(25)7-3-16/h2-9,17,21H,10-15H2,1H3,(H,26,29). The lowest BCUT2D eigenvalue weighted by molar-refractivity contribution is 0.0330. The number of nitrogens with zero attached hydrogens (tertiary/aromatic N) is 1. The average Bonchev–Trinajstić information content (AvgIpc) is 2.79. The highest BCUT2D eigenvalue weighted by atomic mass is 35.5. The Morgan fingerprint density at radius 2 is 1.77 bits per heavy atom. The maximum Gasteiger partial charge on any atom is 0.407 e. The lowest BCUT2D eigenvalue weighted by Crippen LogP contribution is -2.44. The third kappa shape index (κ3) is 6.94. The SMILES string of the molecule is CNC(=O)OC(COc1ccc(Cl)cc1)CN1CCC(C(=O)c2ccc(F)cc2)CC1. The number of carbonyl (C=O) groups is 2. The van der Waals surface area contributed by atoms with Crippen LogP contribution in [0.25, 0.3) is 0 Å². The van der Waals surface area contributed by atoms with Gasteiger partial charge in [0.05, 0.1) is 0 Å². The van der Waals surface area contributed by atoms with Crippen LogP contribution in [0.5, 0.6) is 5.75 Å². The van der Waals surface area contributed by atoms with Gasteiger partial charge in [0.2, 0.25) is 0 Å². The highest BCUT2D eigenvalue weighted by molar-refractivity contribution is 6.30. The Morgan fingerprint density at radius 1 is 1.13 bits per heavy atom. The number of alkyl carbamates (subject to hydrolysis) is 1. The molecular weight excluding hydrogens is 423 g/mol. The predicted molar refractivity (Wildman–Crippen MR) is 116 cm³/mol. The first-order valence-electron chi connectivity index (χ1n) is 10.2. The van der Waals surface area contributed by atoms with Gasteiger partial charge in [-0.3, -0.25) is 9.69 Å². The Bertz CT molecular complexity index is 868. The molecule has 0 radical (unpaired) electrons. The van der Waals surface area contributed by atoms with Gasteiger partial charge in [-0.25, -0.2) is 9.18 Å². The van der Waals surface area contributed by atoms with Crippen LogP contribution in [0.3, 0.4) is 0 Å². The quantitative estimate of drug-likeness (QED) is 0.614. The van der Waals surface area contributed by atoms with Gasteiger partial charge >= 0.3 is 6.09 Å². The van der Waals surface area contributed by atoms with Crippen molar-refractivity contribution >= 4 is 23.5 Å². The summed E-state index contributed by atoms with van der Waals surface area (Å²) < 4.78 is 24.3. The number of carbonyl (C=O) groups excluding carboxylic acids is 2. The molecule has 0 aliphatic carbocycles. The van der Waals surface area contributed by atoms with E-state index in [0.717, 1.165) is 0 Å². The van der Waals surface area contributed by atoms with E-state index in [2.05, 4.69) is 10.2 Å². The second kappa shape index (κ2) is 11.1. The highest BCUT2D eigenvalue weighted by Gasteiger charge is 2.28. The molecule has 1 heterocycles. The van der Waals surface area contributed by atoms with Gasteiger partial charge in [-0.2, -0.15) is 0 Å². The molecule has 8 heteroatoms. The third-order valence-electron chi connectivity index (χ3n) is 5.28. The molecule has 0 bridgehead atoms. The smallest absolute Gasteiger partial charge is 0.407 e. The zero-order valence-corrected chi connectivity index (χ0v) is 18.1. The molecule has 1 atom stereocenters. The zero-order chi connectivity index (χ0) is 22.2. The molecule has 0 spiro atoms. The second-order valence-electron chi connectivity index (χ2n) is 7.49. The van der Waals surface area contributed by atoms with Gasteiger partial charge in [-0.1, -0.05) is 11.6 Å². The van der Waals surface area contributed by atoms with E-state index >= 15 is 0 Å². The first-order chi connectivity index (χ1) is 14.9. The molecule has 1 fully saturated rings. The van der Waals surface area contributed by atoms with E-state index in [9.17, 15) is 14.0 Å². The molecule has 1 amide bonds.